The van der Waals surface area contributed by atoms with Crippen LogP contribution >= 0.6 is 23.2 Å². The maximum atomic E-state index is 14.2. The van der Waals surface area contributed by atoms with Gasteiger partial charge in [0, 0.05) is 48.9 Å². The van der Waals surface area contributed by atoms with Crippen molar-refractivity contribution in [3.63, 3.8) is 0 Å². The second-order valence-corrected chi connectivity index (χ2v) is 13.1. The van der Waals surface area contributed by atoms with E-state index in [-0.39, 0.29) is 44.1 Å². The summed E-state index contributed by atoms with van der Waals surface area (Å²) in [6.07, 6.45) is 5.74. The topological polar surface area (TPSA) is 134 Å². The second-order valence-electron chi connectivity index (χ2n) is 12.3. The van der Waals surface area contributed by atoms with Crippen molar-refractivity contribution >= 4 is 46.1 Å². The minimum atomic E-state index is -0.346. The number of nitrogens with zero attached hydrogens (tertiary/aromatic N) is 5. The number of nitrogens with one attached hydrogen (secondary N) is 2. The number of anilines is 1. The third-order valence-electron chi connectivity index (χ3n) is 7.64. The lowest BCUT2D eigenvalue weighted by Gasteiger charge is -2.33. The number of amides is 1. The highest BCUT2D eigenvalue weighted by molar-refractivity contribution is 6.41. The Kier molecular flexibility index (Phi) is 11.5. The van der Waals surface area contributed by atoms with Crippen LogP contribution in [0.1, 0.15) is 47.0 Å². The molecular weight excluding hydrogens is 629 g/mol. The quantitative estimate of drug-likeness (QED) is 0.195. The van der Waals surface area contributed by atoms with Crippen molar-refractivity contribution in [2.24, 2.45) is 5.41 Å². The third-order valence-corrected chi connectivity index (χ3v) is 8.39. The van der Waals surface area contributed by atoms with Crippen LogP contribution in [-0.2, 0) is 11.3 Å². The average Bonchev–Trinajstić information content (AvgIpc) is 3.01. The van der Waals surface area contributed by atoms with Gasteiger partial charge < -0.3 is 25.0 Å². The number of hydrogen-bond acceptors (Lipinski definition) is 9. The summed E-state index contributed by atoms with van der Waals surface area (Å²) in [6.45, 7) is 11.0. The molecule has 3 aromatic rings. The van der Waals surface area contributed by atoms with Gasteiger partial charge in [0.2, 0.25) is 5.95 Å². The maximum absolute atomic E-state index is 14.2. The molecule has 1 aliphatic heterocycles. The molecule has 2 N–H and O–H groups in total. The van der Waals surface area contributed by atoms with Gasteiger partial charge in [0.1, 0.15) is 28.8 Å². The molecule has 1 atom stereocenters. The molecule has 1 aromatic carbocycles. The van der Waals surface area contributed by atoms with E-state index in [9.17, 15) is 14.9 Å². The molecule has 0 bridgehead atoms. The van der Waals surface area contributed by atoms with E-state index in [4.69, 9.17) is 32.7 Å². The van der Waals surface area contributed by atoms with Gasteiger partial charge in [-0.3, -0.25) is 14.2 Å². The van der Waals surface area contributed by atoms with Gasteiger partial charge in [-0.1, -0.05) is 50.0 Å². The molecular formula is C33H41Cl2N7O4. The van der Waals surface area contributed by atoms with E-state index in [0.717, 1.165) is 19.4 Å². The summed E-state index contributed by atoms with van der Waals surface area (Å²) < 4.78 is 12.5. The number of ether oxygens (including phenoxy) is 2. The van der Waals surface area contributed by atoms with E-state index in [1.165, 1.54) is 14.2 Å². The van der Waals surface area contributed by atoms with Crippen molar-refractivity contribution in [3.05, 3.63) is 50.4 Å². The predicted octanol–water partition coefficient (Wildman–Crippen LogP) is 5.68. The molecule has 1 amide bonds. The average molecular weight is 671 g/mol. The number of rotatable bonds is 11. The predicted molar refractivity (Wildman–Crippen MR) is 182 cm³/mol. The van der Waals surface area contributed by atoms with Crippen molar-refractivity contribution in [3.8, 4) is 28.7 Å². The number of nitriles is 1. The third kappa shape index (κ3) is 8.10. The first-order valence-corrected chi connectivity index (χ1v) is 16.1. The molecule has 1 saturated heterocycles. The number of aromatic nitrogens is 3. The number of aryl methyl sites for hydroxylation is 1. The van der Waals surface area contributed by atoms with Gasteiger partial charge in [-0.15, -0.1) is 0 Å². The van der Waals surface area contributed by atoms with Crippen molar-refractivity contribution in [1.29, 1.82) is 5.26 Å². The van der Waals surface area contributed by atoms with Gasteiger partial charge in [-0.25, -0.2) is 4.98 Å². The van der Waals surface area contributed by atoms with Crippen LogP contribution in [0.2, 0.25) is 10.0 Å². The van der Waals surface area contributed by atoms with Crippen LogP contribution in [0.25, 0.3) is 22.2 Å². The molecule has 0 saturated carbocycles. The van der Waals surface area contributed by atoms with E-state index in [1.54, 1.807) is 29.0 Å². The molecule has 46 heavy (non-hydrogen) atoms. The van der Waals surface area contributed by atoms with Gasteiger partial charge in [0.25, 0.3) is 11.5 Å². The summed E-state index contributed by atoms with van der Waals surface area (Å²) in [5, 5.41) is 16.7. The van der Waals surface area contributed by atoms with Crippen LogP contribution in [0, 0.1) is 16.7 Å². The molecule has 246 valence electrons. The van der Waals surface area contributed by atoms with Crippen LogP contribution < -0.4 is 25.7 Å². The zero-order valence-corrected chi connectivity index (χ0v) is 28.7. The van der Waals surface area contributed by atoms with Gasteiger partial charge >= 0.3 is 0 Å². The van der Waals surface area contributed by atoms with E-state index in [1.807, 2.05) is 33.8 Å². The van der Waals surface area contributed by atoms with Gasteiger partial charge in [0.15, 0.2) is 0 Å². The zero-order valence-electron chi connectivity index (χ0n) is 27.2. The standard InChI is InChI=1S/C33H41Cl2N7O4/c1-7-37-32-38-18-20-14-23(26-27(34)24(45-5)15-25(46-6)28(26)35)31(44)42(29(20)40-32)13-9-12-41-11-8-10-22(19-41)39-30(43)21(17-36)16-33(2,3)4/h14-16,18,22H,7-13,19H2,1-6H3,(H,39,43)(H,37,38,40)/b21-16+. The Morgan fingerprint density at radius 2 is 1.87 bits per heavy atom. The fourth-order valence-electron chi connectivity index (χ4n) is 5.58. The van der Waals surface area contributed by atoms with Gasteiger partial charge in [-0.05, 0) is 50.8 Å². The summed E-state index contributed by atoms with van der Waals surface area (Å²) in [7, 11) is 2.96. The largest absolute Gasteiger partial charge is 0.495 e. The lowest BCUT2D eigenvalue weighted by molar-refractivity contribution is -0.118. The van der Waals surface area contributed by atoms with Crippen molar-refractivity contribution in [1.82, 2.24) is 24.8 Å². The first-order valence-electron chi connectivity index (χ1n) is 15.3. The monoisotopic (exact) mass is 669 g/mol. The normalized spacial score (nSPS) is 15.8. The molecule has 13 heteroatoms. The summed E-state index contributed by atoms with van der Waals surface area (Å²) in [5.74, 6) is 0.721. The number of piperidine rings is 1. The number of allylic oxidation sites excluding steroid dienone is 1. The minimum absolute atomic E-state index is 0.0763. The highest BCUT2D eigenvalue weighted by Gasteiger charge is 2.25. The molecule has 0 radical (unpaired) electrons. The Balaban J connectivity index is 1.61. The second kappa shape index (κ2) is 15.2. The minimum Gasteiger partial charge on any atom is -0.495 e. The summed E-state index contributed by atoms with van der Waals surface area (Å²) in [4.78, 5) is 38.4. The SMILES string of the molecule is CCNc1ncc2cc(-c3c(Cl)c(OC)cc(OC)c3Cl)c(=O)n(CCCN3CCCC(NC(=O)/C(C#N)=C/C(C)(C)C)C3)c2n1. The van der Waals surface area contributed by atoms with E-state index in [0.29, 0.717) is 66.6 Å². The van der Waals surface area contributed by atoms with Crippen molar-refractivity contribution in [2.45, 2.75) is 59.5 Å². The Hall–Kier alpha value is -3.85. The van der Waals surface area contributed by atoms with Crippen LogP contribution in [0.3, 0.4) is 0 Å². The lowest BCUT2D eigenvalue weighted by atomic mass is 9.93. The van der Waals surface area contributed by atoms with Crippen LogP contribution in [0.4, 0.5) is 5.95 Å². The maximum Gasteiger partial charge on any atom is 0.261 e. The fraction of sp³-hybridized carbons (Fsp3) is 0.485. The molecule has 11 nitrogen and oxygen atoms in total. The summed E-state index contributed by atoms with van der Waals surface area (Å²) in [5.41, 5.74) is 0.600. The Morgan fingerprint density at radius 3 is 2.48 bits per heavy atom. The lowest BCUT2D eigenvalue weighted by Crippen LogP contribution is -2.48. The first kappa shape index (κ1) is 35.0. The van der Waals surface area contributed by atoms with Crippen LogP contribution in [0.5, 0.6) is 11.5 Å². The number of carbonyl (C=O) groups excluding carboxylic acids is 1. The molecule has 4 rings (SSSR count). The number of hydrogen-bond donors (Lipinski definition) is 2. The van der Waals surface area contributed by atoms with Crippen LogP contribution in [-0.4, -0.2) is 71.8 Å². The number of fused-ring (bicyclic) bond motifs is 1. The van der Waals surface area contributed by atoms with Crippen molar-refractivity contribution < 1.29 is 14.3 Å². The number of pyridine rings is 1. The zero-order chi connectivity index (χ0) is 33.6. The Labute approximate surface area is 279 Å². The molecule has 3 heterocycles. The number of benzene rings is 1. The highest BCUT2D eigenvalue weighted by atomic mass is 35.5. The Bertz CT molecular complexity index is 1700. The number of halogens is 2. The smallest absolute Gasteiger partial charge is 0.261 e. The first-order chi connectivity index (χ1) is 21.9. The number of carbonyl (C=O) groups is 1. The fourth-order valence-corrected chi connectivity index (χ4v) is 6.29. The highest BCUT2D eigenvalue weighted by Crippen LogP contribution is 2.45. The molecule has 2 aromatic heterocycles. The number of likely N-dealkylation sites (tertiary alicyclic amines) is 1. The van der Waals surface area contributed by atoms with Crippen molar-refractivity contribution in [2.75, 3.05) is 45.7 Å². The van der Waals surface area contributed by atoms with Crippen LogP contribution in [0.15, 0.2) is 34.8 Å². The molecule has 0 aliphatic carbocycles. The Morgan fingerprint density at radius 1 is 1.17 bits per heavy atom. The summed E-state index contributed by atoms with van der Waals surface area (Å²) >= 11 is 13.4. The van der Waals surface area contributed by atoms with Gasteiger partial charge in [-0.2, -0.15) is 10.2 Å². The molecule has 1 fully saturated rings. The van der Waals surface area contributed by atoms with E-state index < -0.39 is 0 Å². The van der Waals surface area contributed by atoms with Gasteiger partial charge in [0.05, 0.1) is 29.8 Å². The molecule has 1 aliphatic rings. The summed E-state index contributed by atoms with van der Waals surface area (Å²) in [6, 6.07) is 5.23. The molecule has 0 spiro atoms. The van der Waals surface area contributed by atoms with E-state index >= 15 is 0 Å². The van der Waals surface area contributed by atoms with E-state index in [2.05, 4.69) is 25.5 Å². The number of methoxy groups -OCH3 is 2. The molecule has 1 unspecified atom stereocenters.